The van der Waals surface area contributed by atoms with E-state index in [2.05, 4.69) is 21.6 Å². The average molecular weight is 276 g/mol. The third kappa shape index (κ3) is 2.41. The second-order valence-corrected chi connectivity index (χ2v) is 5.40. The quantitative estimate of drug-likeness (QED) is 0.900. The van der Waals surface area contributed by atoms with Crippen LogP contribution >= 0.6 is 11.5 Å². The molecule has 100 valence electrons. The van der Waals surface area contributed by atoms with Gasteiger partial charge in [-0.2, -0.15) is 4.37 Å². The molecule has 0 saturated carbocycles. The molecule has 2 aromatic heterocycles. The largest absolute Gasteiger partial charge is 0.382 e. The number of hydrogen-bond acceptors (Lipinski definition) is 6. The maximum atomic E-state index is 5.98. The van der Waals surface area contributed by atoms with E-state index in [1.807, 2.05) is 12.1 Å². The van der Waals surface area contributed by atoms with E-state index < -0.39 is 0 Å². The third-order valence-corrected chi connectivity index (χ3v) is 4.15. The van der Waals surface area contributed by atoms with Crippen LogP contribution in [0.1, 0.15) is 13.3 Å². The maximum absolute atomic E-state index is 5.98. The lowest BCUT2D eigenvalue weighted by Crippen LogP contribution is -2.26. The molecule has 0 bridgehead atoms. The van der Waals surface area contributed by atoms with Crippen molar-refractivity contribution in [1.29, 1.82) is 0 Å². The van der Waals surface area contributed by atoms with Crippen molar-refractivity contribution in [2.75, 3.05) is 17.7 Å². The molecular weight excluding hydrogens is 260 g/mol. The lowest BCUT2D eigenvalue weighted by atomic mass is 10.1. The Morgan fingerprint density at radius 1 is 1.53 bits per heavy atom. The van der Waals surface area contributed by atoms with E-state index in [1.165, 1.54) is 11.5 Å². The molecule has 0 aromatic carbocycles. The minimum absolute atomic E-state index is 0.213. The van der Waals surface area contributed by atoms with Crippen LogP contribution < -0.4 is 11.1 Å². The first kappa shape index (κ1) is 12.4. The highest BCUT2D eigenvalue weighted by molar-refractivity contribution is 7.11. The highest BCUT2D eigenvalue weighted by atomic mass is 32.1. The van der Waals surface area contributed by atoms with Gasteiger partial charge in [-0.25, -0.2) is 0 Å². The molecule has 6 heteroatoms. The monoisotopic (exact) mass is 276 g/mol. The van der Waals surface area contributed by atoms with E-state index in [-0.39, 0.29) is 6.10 Å². The Hall–Kier alpha value is -1.66. The molecule has 0 radical (unpaired) electrons. The van der Waals surface area contributed by atoms with Gasteiger partial charge in [0.2, 0.25) is 0 Å². The fraction of sp³-hybridized carbons (Fsp3) is 0.385. The van der Waals surface area contributed by atoms with Crippen LogP contribution in [-0.4, -0.2) is 28.1 Å². The first-order valence-corrected chi connectivity index (χ1v) is 7.06. The Balaban J connectivity index is 1.91. The lowest BCUT2D eigenvalue weighted by molar-refractivity contribution is 0.121. The smallest absolute Gasteiger partial charge is 0.147 e. The predicted octanol–water partition coefficient (Wildman–Crippen LogP) is 2.38. The van der Waals surface area contributed by atoms with Crippen LogP contribution in [0.2, 0.25) is 0 Å². The number of rotatable bonds is 3. The number of nitrogen functional groups attached to an aromatic ring is 1. The van der Waals surface area contributed by atoms with Crippen LogP contribution in [-0.2, 0) is 4.74 Å². The van der Waals surface area contributed by atoms with Crippen molar-refractivity contribution in [3.63, 3.8) is 0 Å². The van der Waals surface area contributed by atoms with Gasteiger partial charge in [0, 0.05) is 24.6 Å². The molecule has 1 aliphatic rings. The molecule has 3 heterocycles. The molecular formula is C13H16N4OS. The molecule has 2 aromatic rings. The number of nitrogens with zero attached hydrogens (tertiary/aromatic N) is 2. The summed E-state index contributed by atoms with van der Waals surface area (Å²) in [7, 11) is 0. The summed E-state index contributed by atoms with van der Waals surface area (Å²) in [5.74, 6) is 0.548. The van der Waals surface area contributed by atoms with Gasteiger partial charge in [-0.1, -0.05) is 6.07 Å². The Morgan fingerprint density at radius 2 is 2.42 bits per heavy atom. The van der Waals surface area contributed by atoms with Crippen molar-refractivity contribution in [3.05, 3.63) is 24.5 Å². The first-order valence-electron chi connectivity index (χ1n) is 6.29. The number of nitrogens with two attached hydrogens (primary N) is 1. The van der Waals surface area contributed by atoms with E-state index in [9.17, 15) is 0 Å². The summed E-state index contributed by atoms with van der Waals surface area (Å²) in [4.78, 5) is 4.14. The van der Waals surface area contributed by atoms with Crippen molar-refractivity contribution >= 4 is 22.4 Å². The third-order valence-electron chi connectivity index (χ3n) is 3.36. The van der Waals surface area contributed by atoms with Gasteiger partial charge >= 0.3 is 0 Å². The zero-order valence-corrected chi connectivity index (χ0v) is 11.5. The average Bonchev–Trinajstić information content (AvgIpc) is 2.98. The summed E-state index contributed by atoms with van der Waals surface area (Å²) in [6, 6.07) is 4.21. The summed E-state index contributed by atoms with van der Waals surface area (Å²) in [6.45, 7) is 2.88. The molecule has 0 aliphatic carbocycles. The van der Waals surface area contributed by atoms with Gasteiger partial charge in [0.05, 0.1) is 17.7 Å². The molecule has 2 unspecified atom stereocenters. The Morgan fingerprint density at radius 3 is 3.11 bits per heavy atom. The predicted molar refractivity (Wildman–Crippen MR) is 77.2 cm³/mol. The summed E-state index contributed by atoms with van der Waals surface area (Å²) in [5, 5.41) is 4.50. The minimum Gasteiger partial charge on any atom is -0.382 e. The highest BCUT2D eigenvalue weighted by Crippen LogP contribution is 2.37. The Labute approximate surface area is 116 Å². The first-order chi connectivity index (χ1) is 9.25. The molecule has 1 aliphatic heterocycles. The van der Waals surface area contributed by atoms with Crippen LogP contribution in [0.15, 0.2) is 24.5 Å². The van der Waals surface area contributed by atoms with Gasteiger partial charge in [-0.15, -0.1) is 0 Å². The summed E-state index contributed by atoms with van der Waals surface area (Å²) in [6.07, 6.45) is 4.77. The summed E-state index contributed by atoms with van der Waals surface area (Å²) >= 11 is 1.39. The van der Waals surface area contributed by atoms with Gasteiger partial charge < -0.3 is 15.8 Å². The fourth-order valence-electron chi connectivity index (χ4n) is 2.28. The van der Waals surface area contributed by atoms with Crippen LogP contribution in [0.4, 0.5) is 10.8 Å². The second kappa shape index (κ2) is 5.14. The van der Waals surface area contributed by atoms with Gasteiger partial charge in [0.1, 0.15) is 10.8 Å². The number of aromatic nitrogens is 2. The fourth-order valence-corrected chi connectivity index (χ4v) is 3.08. The second-order valence-electron chi connectivity index (χ2n) is 4.63. The molecule has 3 N–H and O–H groups in total. The van der Waals surface area contributed by atoms with Gasteiger partial charge in [0.15, 0.2) is 0 Å². The standard InChI is InChI=1S/C13H16N4OS/c1-8-10(4-6-18-8)16-13-11(12(14)17-19-13)9-3-2-5-15-7-9/h2-3,5,7-8,10,16H,4,6H2,1H3,(H2,14,17). The van der Waals surface area contributed by atoms with Crippen molar-refractivity contribution in [3.8, 4) is 11.1 Å². The number of anilines is 2. The minimum atomic E-state index is 0.213. The van der Waals surface area contributed by atoms with E-state index in [0.29, 0.717) is 11.9 Å². The topological polar surface area (TPSA) is 73.1 Å². The van der Waals surface area contributed by atoms with Crippen LogP contribution in [0.25, 0.3) is 11.1 Å². The molecule has 5 nitrogen and oxygen atoms in total. The summed E-state index contributed by atoms with van der Waals surface area (Å²) < 4.78 is 9.82. The zero-order chi connectivity index (χ0) is 13.2. The van der Waals surface area contributed by atoms with Crippen molar-refractivity contribution in [2.45, 2.75) is 25.5 Å². The SMILES string of the molecule is CC1OCCC1Nc1snc(N)c1-c1cccnc1. The number of pyridine rings is 1. The van der Waals surface area contributed by atoms with Gasteiger partial charge in [-0.05, 0) is 30.9 Å². The number of ether oxygens (including phenoxy) is 1. The molecule has 19 heavy (non-hydrogen) atoms. The van der Waals surface area contributed by atoms with Crippen LogP contribution in [0, 0.1) is 0 Å². The lowest BCUT2D eigenvalue weighted by Gasteiger charge is -2.16. The van der Waals surface area contributed by atoms with E-state index in [0.717, 1.165) is 29.2 Å². The highest BCUT2D eigenvalue weighted by Gasteiger charge is 2.26. The number of nitrogens with one attached hydrogen (secondary N) is 1. The Kier molecular flexibility index (Phi) is 3.35. The molecule has 2 atom stereocenters. The van der Waals surface area contributed by atoms with Gasteiger partial charge in [-0.3, -0.25) is 4.98 Å². The Bertz CT molecular complexity index is 557. The van der Waals surface area contributed by atoms with E-state index in [4.69, 9.17) is 10.5 Å². The van der Waals surface area contributed by atoms with Gasteiger partial charge in [0.25, 0.3) is 0 Å². The normalized spacial score (nSPS) is 22.6. The molecule has 1 saturated heterocycles. The summed E-state index contributed by atoms with van der Waals surface area (Å²) in [5.41, 5.74) is 7.91. The van der Waals surface area contributed by atoms with Crippen molar-refractivity contribution < 1.29 is 4.74 Å². The zero-order valence-electron chi connectivity index (χ0n) is 10.7. The van der Waals surface area contributed by atoms with Crippen LogP contribution in [0.5, 0.6) is 0 Å². The van der Waals surface area contributed by atoms with E-state index >= 15 is 0 Å². The van der Waals surface area contributed by atoms with Crippen molar-refractivity contribution in [1.82, 2.24) is 9.36 Å². The molecule has 0 amide bonds. The molecule has 3 rings (SSSR count). The van der Waals surface area contributed by atoms with E-state index in [1.54, 1.807) is 12.4 Å². The molecule has 0 spiro atoms. The molecule has 1 fully saturated rings. The van der Waals surface area contributed by atoms with Crippen molar-refractivity contribution in [2.24, 2.45) is 0 Å². The van der Waals surface area contributed by atoms with Crippen LogP contribution in [0.3, 0.4) is 0 Å². The number of hydrogen-bond donors (Lipinski definition) is 2. The maximum Gasteiger partial charge on any atom is 0.147 e.